The molecule has 6 heteroatoms. The lowest BCUT2D eigenvalue weighted by atomic mass is 10.0. The van der Waals surface area contributed by atoms with Gasteiger partial charge in [0.05, 0.1) is 6.61 Å². The molecule has 1 heterocycles. The van der Waals surface area contributed by atoms with Crippen molar-refractivity contribution in [1.82, 2.24) is 4.90 Å². The SMILES string of the molecule is CCOC(=O)C1CCCCN1C(=O)Nc1ccc(Cl)cc1. The normalized spacial score (nSPS) is 18.2. The van der Waals surface area contributed by atoms with Crippen molar-refractivity contribution in [2.45, 2.75) is 32.2 Å². The zero-order valence-corrected chi connectivity index (χ0v) is 12.7. The number of benzene rings is 1. The Morgan fingerprint density at radius 2 is 2.05 bits per heavy atom. The van der Waals surface area contributed by atoms with E-state index in [-0.39, 0.29) is 12.0 Å². The van der Waals surface area contributed by atoms with E-state index in [1.54, 1.807) is 36.1 Å². The summed E-state index contributed by atoms with van der Waals surface area (Å²) >= 11 is 5.81. The maximum Gasteiger partial charge on any atom is 0.328 e. The highest BCUT2D eigenvalue weighted by Crippen LogP contribution is 2.20. The Labute approximate surface area is 129 Å². The summed E-state index contributed by atoms with van der Waals surface area (Å²) in [7, 11) is 0. The molecule has 2 rings (SSSR count). The van der Waals surface area contributed by atoms with E-state index in [4.69, 9.17) is 16.3 Å². The number of amides is 2. The van der Waals surface area contributed by atoms with E-state index < -0.39 is 6.04 Å². The van der Waals surface area contributed by atoms with Crippen molar-refractivity contribution in [2.75, 3.05) is 18.5 Å². The second-order valence-corrected chi connectivity index (χ2v) is 5.33. The molecule has 0 radical (unpaired) electrons. The van der Waals surface area contributed by atoms with Crippen LogP contribution in [0.5, 0.6) is 0 Å². The molecule has 1 aliphatic heterocycles. The van der Waals surface area contributed by atoms with Crippen molar-refractivity contribution in [2.24, 2.45) is 0 Å². The maximum atomic E-state index is 12.3. The fourth-order valence-corrected chi connectivity index (χ4v) is 2.51. The van der Waals surface area contributed by atoms with Gasteiger partial charge in [-0.2, -0.15) is 0 Å². The highest BCUT2D eigenvalue weighted by atomic mass is 35.5. The van der Waals surface area contributed by atoms with E-state index >= 15 is 0 Å². The van der Waals surface area contributed by atoms with Crippen LogP contribution in [-0.2, 0) is 9.53 Å². The van der Waals surface area contributed by atoms with Crippen molar-refractivity contribution in [3.05, 3.63) is 29.3 Å². The number of rotatable bonds is 3. The predicted molar refractivity (Wildman–Crippen MR) is 81.4 cm³/mol. The second-order valence-electron chi connectivity index (χ2n) is 4.89. The average Bonchev–Trinajstić information content (AvgIpc) is 2.50. The fourth-order valence-electron chi connectivity index (χ4n) is 2.39. The molecule has 1 atom stereocenters. The number of nitrogens with zero attached hydrogens (tertiary/aromatic N) is 1. The molecule has 5 nitrogen and oxygen atoms in total. The first-order chi connectivity index (χ1) is 10.1. The summed E-state index contributed by atoms with van der Waals surface area (Å²) in [5.74, 6) is -0.330. The second kappa shape index (κ2) is 7.31. The van der Waals surface area contributed by atoms with Crippen molar-refractivity contribution in [1.29, 1.82) is 0 Å². The van der Waals surface area contributed by atoms with E-state index in [1.165, 1.54) is 0 Å². The predicted octanol–water partition coefficient (Wildman–Crippen LogP) is 3.29. The number of urea groups is 1. The van der Waals surface area contributed by atoms with Crippen LogP contribution in [-0.4, -0.2) is 36.1 Å². The first-order valence-electron chi connectivity index (χ1n) is 7.11. The van der Waals surface area contributed by atoms with Crippen LogP contribution in [0.2, 0.25) is 5.02 Å². The Kier molecular flexibility index (Phi) is 5.44. The number of carbonyl (C=O) groups excluding carboxylic acids is 2. The first-order valence-corrected chi connectivity index (χ1v) is 7.49. The molecule has 1 aromatic carbocycles. The Bertz CT molecular complexity index is 504. The lowest BCUT2D eigenvalue weighted by molar-refractivity contribution is -0.149. The molecule has 21 heavy (non-hydrogen) atoms. The van der Waals surface area contributed by atoms with Gasteiger partial charge in [0.1, 0.15) is 6.04 Å². The molecule has 0 aromatic heterocycles. The quantitative estimate of drug-likeness (QED) is 0.872. The third-order valence-electron chi connectivity index (χ3n) is 3.42. The first kappa shape index (κ1) is 15.6. The highest BCUT2D eigenvalue weighted by molar-refractivity contribution is 6.30. The van der Waals surface area contributed by atoms with Crippen LogP contribution in [0.25, 0.3) is 0 Å². The molecule has 0 saturated carbocycles. The lowest BCUT2D eigenvalue weighted by Crippen LogP contribution is -2.50. The number of hydrogen-bond donors (Lipinski definition) is 1. The minimum Gasteiger partial charge on any atom is -0.464 e. The van der Waals surface area contributed by atoms with E-state index in [1.807, 2.05) is 0 Å². The largest absolute Gasteiger partial charge is 0.464 e. The van der Waals surface area contributed by atoms with Crippen LogP contribution in [0.15, 0.2) is 24.3 Å². The zero-order chi connectivity index (χ0) is 15.2. The monoisotopic (exact) mass is 310 g/mol. The summed E-state index contributed by atoms with van der Waals surface area (Å²) in [6.45, 7) is 2.64. The fraction of sp³-hybridized carbons (Fsp3) is 0.467. The van der Waals surface area contributed by atoms with Crippen molar-refractivity contribution < 1.29 is 14.3 Å². The van der Waals surface area contributed by atoms with Gasteiger partial charge in [0.2, 0.25) is 0 Å². The van der Waals surface area contributed by atoms with Crippen LogP contribution >= 0.6 is 11.6 Å². The van der Waals surface area contributed by atoms with Gasteiger partial charge in [0.15, 0.2) is 0 Å². The van der Waals surface area contributed by atoms with Crippen LogP contribution in [0.3, 0.4) is 0 Å². The van der Waals surface area contributed by atoms with Gasteiger partial charge in [0, 0.05) is 17.3 Å². The Hall–Kier alpha value is -1.75. The van der Waals surface area contributed by atoms with Crippen LogP contribution in [0, 0.1) is 0 Å². The molecular formula is C15H19ClN2O3. The molecule has 1 fully saturated rings. The van der Waals surface area contributed by atoms with E-state index in [2.05, 4.69) is 5.32 Å². The van der Waals surface area contributed by atoms with Gasteiger partial charge in [-0.15, -0.1) is 0 Å². The smallest absolute Gasteiger partial charge is 0.328 e. The highest BCUT2D eigenvalue weighted by Gasteiger charge is 2.33. The number of hydrogen-bond acceptors (Lipinski definition) is 3. The molecule has 0 aliphatic carbocycles. The number of piperidine rings is 1. The third kappa shape index (κ3) is 4.11. The van der Waals surface area contributed by atoms with Crippen LogP contribution in [0.4, 0.5) is 10.5 Å². The van der Waals surface area contributed by atoms with Crippen LogP contribution < -0.4 is 5.32 Å². The van der Waals surface area contributed by atoms with Crippen molar-refractivity contribution >= 4 is 29.3 Å². The number of likely N-dealkylation sites (tertiary alicyclic amines) is 1. The van der Waals surface area contributed by atoms with Gasteiger partial charge in [0.25, 0.3) is 0 Å². The van der Waals surface area contributed by atoms with Gasteiger partial charge < -0.3 is 15.0 Å². The summed E-state index contributed by atoms with van der Waals surface area (Å²) in [5.41, 5.74) is 0.651. The van der Waals surface area contributed by atoms with Gasteiger partial charge in [-0.25, -0.2) is 9.59 Å². The zero-order valence-electron chi connectivity index (χ0n) is 12.0. The average molecular weight is 311 g/mol. The summed E-state index contributed by atoms with van der Waals surface area (Å²) in [6.07, 6.45) is 2.46. The number of ether oxygens (including phenoxy) is 1. The lowest BCUT2D eigenvalue weighted by Gasteiger charge is -2.33. The van der Waals surface area contributed by atoms with Crippen LogP contribution in [0.1, 0.15) is 26.2 Å². The van der Waals surface area contributed by atoms with E-state index in [0.717, 1.165) is 12.8 Å². The number of halogens is 1. The minimum atomic E-state index is -0.494. The summed E-state index contributed by atoms with van der Waals surface area (Å²) in [5, 5.41) is 3.39. The number of anilines is 1. The molecule has 1 unspecified atom stereocenters. The molecule has 2 amide bonds. The molecule has 114 valence electrons. The van der Waals surface area contributed by atoms with E-state index in [9.17, 15) is 9.59 Å². The van der Waals surface area contributed by atoms with Crippen molar-refractivity contribution in [3.8, 4) is 0 Å². The molecular weight excluding hydrogens is 292 g/mol. The number of esters is 1. The number of nitrogens with one attached hydrogen (secondary N) is 1. The molecule has 0 bridgehead atoms. The standard InChI is InChI=1S/C15H19ClN2O3/c1-2-21-14(19)13-5-3-4-10-18(13)15(20)17-12-8-6-11(16)7-9-12/h6-9,13H,2-5,10H2,1H3,(H,17,20). The minimum absolute atomic E-state index is 0.282. The maximum absolute atomic E-state index is 12.3. The molecule has 1 aliphatic rings. The molecule has 1 N–H and O–H groups in total. The van der Waals surface area contributed by atoms with Gasteiger partial charge >= 0.3 is 12.0 Å². The summed E-state index contributed by atoms with van der Waals surface area (Å²) < 4.78 is 5.05. The van der Waals surface area contributed by atoms with Gasteiger partial charge in [-0.1, -0.05) is 11.6 Å². The van der Waals surface area contributed by atoms with E-state index in [0.29, 0.717) is 30.3 Å². The summed E-state index contributed by atoms with van der Waals surface area (Å²) in [6, 6.07) is 6.08. The van der Waals surface area contributed by atoms with Gasteiger partial charge in [-0.05, 0) is 50.5 Å². The molecule has 1 aromatic rings. The summed E-state index contributed by atoms with van der Waals surface area (Å²) in [4.78, 5) is 25.8. The third-order valence-corrected chi connectivity index (χ3v) is 3.67. The molecule has 1 saturated heterocycles. The number of carbonyl (C=O) groups is 2. The van der Waals surface area contributed by atoms with Crippen molar-refractivity contribution in [3.63, 3.8) is 0 Å². The topological polar surface area (TPSA) is 58.6 Å². The molecule has 0 spiro atoms. The van der Waals surface area contributed by atoms with Gasteiger partial charge in [-0.3, -0.25) is 0 Å². The Morgan fingerprint density at radius 3 is 2.71 bits per heavy atom. The Morgan fingerprint density at radius 1 is 1.33 bits per heavy atom. The Balaban J connectivity index is 2.04.